The summed E-state index contributed by atoms with van der Waals surface area (Å²) in [5.41, 5.74) is 9.21. The third-order valence-electron chi connectivity index (χ3n) is 2.43. The van der Waals surface area contributed by atoms with Gasteiger partial charge in [0.2, 0.25) is 0 Å². The maximum atomic E-state index is 5.62. The van der Waals surface area contributed by atoms with Crippen molar-refractivity contribution in [2.45, 2.75) is 20.0 Å². The van der Waals surface area contributed by atoms with Gasteiger partial charge in [-0.25, -0.2) is 0 Å². The Morgan fingerprint density at radius 2 is 2.20 bits per heavy atom. The van der Waals surface area contributed by atoms with Crippen LogP contribution in [0.25, 0.3) is 0 Å². The summed E-state index contributed by atoms with van der Waals surface area (Å²) in [6, 6.07) is 10.4. The molecule has 78 valence electrons. The van der Waals surface area contributed by atoms with Gasteiger partial charge < -0.3 is 5.73 Å². The lowest BCUT2D eigenvalue weighted by atomic mass is 10.1. The molecule has 0 fully saturated rings. The number of hydrogen-bond donors (Lipinski definition) is 1. The fourth-order valence-electron chi connectivity index (χ4n) is 1.66. The molecule has 0 aliphatic carbocycles. The summed E-state index contributed by atoms with van der Waals surface area (Å²) in [5, 5.41) is 4.25. The maximum Gasteiger partial charge on any atom is 0.0663 e. The molecule has 1 heterocycles. The molecule has 0 atom stereocenters. The van der Waals surface area contributed by atoms with Crippen LogP contribution in [-0.2, 0) is 13.1 Å². The molecule has 2 rings (SSSR count). The van der Waals surface area contributed by atoms with E-state index in [1.165, 1.54) is 11.1 Å². The number of aromatic nitrogens is 2. The second kappa shape index (κ2) is 4.28. The third-order valence-corrected chi connectivity index (χ3v) is 2.43. The number of hydrogen-bond acceptors (Lipinski definition) is 2. The maximum absolute atomic E-state index is 5.62. The van der Waals surface area contributed by atoms with Crippen LogP contribution in [0, 0.1) is 6.92 Å². The molecule has 0 radical (unpaired) electrons. The predicted molar refractivity (Wildman–Crippen MR) is 60.4 cm³/mol. The zero-order valence-electron chi connectivity index (χ0n) is 8.85. The van der Waals surface area contributed by atoms with Crippen molar-refractivity contribution in [3.05, 3.63) is 53.3 Å². The van der Waals surface area contributed by atoms with Crippen molar-refractivity contribution in [3.63, 3.8) is 0 Å². The number of rotatable bonds is 3. The molecule has 0 aliphatic rings. The first kappa shape index (κ1) is 9.93. The second-order valence-corrected chi connectivity index (χ2v) is 3.67. The molecule has 0 aliphatic heterocycles. The number of nitrogens with zero attached hydrogens (tertiary/aromatic N) is 2. The Kier molecular flexibility index (Phi) is 2.83. The van der Waals surface area contributed by atoms with E-state index in [1.807, 2.05) is 10.7 Å². The fourth-order valence-corrected chi connectivity index (χ4v) is 1.66. The highest BCUT2D eigenvalue weighted by atomic mass is 15.3. The molecule has 0 bridgehead atoms. The molecule has 0 saturated heterocycles. The zero-order valence-corrected chi connectivity index (χ0v) is 8.85. The van der Waals surface area contributed by atoms with Crippen LogP contribution in [0.15, 0.2) is 36.5 Å². The summed E-state index contributed by atoms with van der Waals surface area (Å²) in [7, 11) is 0. The van der Waals surface area contributed by atoms with Gasteiger partial charge in [0.15, 0.2) is 0 Å². The smallest absolute Gasteiger partial charge is 0.0663 e. The summed E-state index contributed by atoms with van der Waals surface area (Å²) >= 11 is 0. The second-order valence-electron chi connectivity index (χ2n) is 3.67. The Bertz CT molecular complexity index is 446. The van der Waals surface area contributed by atoms with Gasteiger partial charge in [0, 0.05) is 12.7 Å². The van der Waals surface area contributed by atoms with Crippen LogP contribution in [-0.4, -0.2) is 9.78 Å². The molecule has 2 N–H and O–H groups in total. The molecule has 0 saturated carbocycles. The largest absolute Gasteiger partial charge is 0.325 e. The molecular weight excluding hydrogens is 186 g/mol. The van der Waals surface area contributed by atoms with Crippen molar-refractivity contribution in [1.82, 2.24) is 9.78 Å². The van der Waals surface area contributed by atoms with Gasteiger partial charge in [0.05, 0.1) is 12.2 Å². The molecule has 1 aromatic carbocycles. The quantitative estimate of drug-likeness (QED) is 0.821. The van der Waals surface area contributed by atoms with E-state index in [0.29, 0.717) is 6.54 Å². The summed E-state index contributed by atoms with van der Waals surface area (Å²) in [6.07, 6.45) is 1.79. The van der Waals surface area contributed by atoms with Gasteiger partial charge in [-0.1, -0.05) is 29.8 Å². The van der Waals surface area contributed by atoms with Gasteiger partial charge in [0.1, 0.15) is 0 Å². The van der Waals surface area contributed by atoms with Crippen LogP contribution >= 0.6 is 0 Å². The van der Waals surface area contributed by atoms with E-state index in [2.05, 4.69) is 36.3 Å². The lowest BCUT2D eigenvalue weighted by Crippen LogP contribution is -2.09. The van der Waals surface area contributed by atoms with Crippen molar-refractivity contribution in [2.24, 2.45) is 5.73 Å². The topological polar surface area (TPSA) is 43.8 Å². The third kappa shape index (κ3) is 2.25. The molecule has 1 aromatic heterocycles. The van der Waals surface area contributed by atoms with Gasteiger partial charge in [0.25, 0.3) is 0 Å². The van der Waals surface area contributed by atoms with Crippen LogP contribution in [0.1, 0.15) is 16.8 Å². The van der Waals surface area contributed by atoms with E-state index in [-0.39, 0.29) is 0 Å². The first-order valence-corrected chi connectivity index (χ1v) is 5.06. The van der Waals surface area contributed by atoms with Crippen molar-refractivity contribution in [1.29, 1.82) is 0 Å². The summed E-state index contributed by atoms with van der Waals surface area (Å²) in [4.78, 5) is 0. The van der Waals surface area contributed by atoms with Crippen LogP contribution in [0.5, 0.6) is 0 Å². The number of nitrogens with two attached hydrogens (primary N) is 1. The lowest BCUT2D eigenvalue weighted by molar-refractivity contribution is 0.645. The molecule has 3 nitrogen and oxygen atoms in total. The van der Waals surface area contributed by atoms with Crippen LogP contribution in [0.4, 0.5) is 0 Å². The van der Waals surface area contributed by atoms with Crippen molar-refractivity contribution >= 4 is 0 Å². The average Bonchev–Trinajstić information content (AvgIpc) is 2.65. The van der Waals surface area contributed by atoms with E-state index in [4.69, 9.17) is 5.73 Å². The summed E-state index contributed by atoms with van der Waals surface area (Å²) in [6.45, 7) is 3.42. The Morgan fingerprint density at radius 3 is 2.93 bits per heavy atom. The summed E-state index contributed by atoms with van der Waals surface area (Å²) < 4.78 is 1.94. The van der Waals surface area contributed by atoms with Crippen LogP contribution < -0.4 is 5.73 Å². The molecule has 0 spiro atoms. The van der Waals surface area contributed by atoms with Gasteiger partial charge >= 0.3 is 0 Å². The van der Waals surface area contributed by atoms with Crippen molar-refractivity contribution in [2.75, 3.05) is 0 Å². The van der Waals surface area contributed by atoms with Crippen molar-refractivity contribution < 1.29 is 0 Å². The minimum atomic E-state index is 0.534. The standard InChI is InChI=1S/C12H15N3/c1-10-3-2-4-11(7-10)9-15-12(8-13)5-6-14-15/h2-7H,8-9,13H2,1H3. The molecule has 2 aromatic rings. The summed E-state index contributed by atoms with van der Waals surface area (Å²) in [5.74, 6) is 0. The molecule has 15 heavy (non-hydrogen) atoms. The Labute approximate surface area is 89.5 Å². The van der Waals surface area contributed by atoms with Gasteiger partial charge in [-0.15, -0.1) is 0 Å². The van der Waals surface area contributed by atoms with E-state index >= 15 is 0 Å². The first-order chi connectivity index (χ1) is 7.29. The monoisotopic (exact) mass is 201 g/mol. The highest BCUT2D eigenvalue weighted by Gasteiger charge is 2.01. The zero-order chi connectivity index (χ0) is 10.7. The highest BCUT2D eigenvalue weighted by Crippen LogP contribution is 2.07. The lowest BCUT2D eigenvalue weighted by Gasteiger charge is -2.06. The number of aryl methyl sites for hydroxylation is 1. The Balaban J connectivity index is 2.22. The van der Waals surface area contributed by atoms with Gasteiger partial charge in [-0.2, -0.15) is 5.10 Å². The van der Waals surface area contributed by atoms with E-state index in [1.54, 1.807) is 6.20 Å². The number of benzene rings is 1. The van der Waals surface area contributed by atoms with Crippen molar-refractivity contribution in [3.8, 4) is 0 Å². The van der Waals surface area contributed by atoms with E-state index in [0.717, 1.165) is 12.2 Å². The molecular formula is C12H15N3. The average molecular weight is 201 g/mol. The Morgan fingerprint density at radius 1 is 1.33 bits per heavy atom. The minimum absolute atomic E-state index is 0.534. The van der Waals surface area contributed by atoms with Gasteiger partial charge in [-0.3, -0.25) is 4.68 Å². The molecule has 0 amide bonds. The SMILES string of the molecule is Cc1cccc(Cn2nccc2CN)c1. The minimum Gasteiger partial charge on any atom is -0.325 e. The van der Waals surface area contributed by atoms with E-state index < -0.39 is 0 Å². The molecule has 3 heteroatoms. The van der Waals surface area contributed by atoms with Gasteiger partial charge in [-0.05, 0) is 18.6 Å². The molecule has 0 unspecified atom stereocenters. The van der Waals surface area contributed by atoms with E-state index in [9.17, 15) is 0 Å². The first-order valence-electron chi connectivity index (χ1n) is 5.06. The Hall–Kier alpha value is -1.61. The van der Waals surface area contributed by atoms with Crippen LogP contribution in [0.3, 0.4) is 0 Å². The highest BCUT2D eigenvalue weighted by molar-refractivity contribution is 5.22. The fraction of sp³-hybridized carbons (Fsp3) is 0.250. The van der Waals surface area contributed by atoms with Crippen LogP contribution in [0.2, 0.25) is 0 Å². The predicted octanol–water partition coefficient (Wildman–Crippen LogP) is 1.70. The normalized spacial score (nSPS) is 10.5.